The van der Waals surface area contributed by atoms with Gasteiger partial charge in [0.15, 0.2) is 0 Å². The van der Waals surface area contributed by atoms with Crippen LogP contribution in [0.5, 0.6) is 0 Å². The van der Waals surface area contributed by atoms with Crippen molar-refractivity contribution in [3.8, 4) is 0 Å². The molecule has 1 saturated heterocycles. The minimum atomic E-state index is 0.207. The summed E-state index contributed by atoms with van der Waals surface area (Å²) in [6.07, 6.45) is 3.71. The van der Waals surface area contributed by atoms with Gasteiger partial charge >= 0.3 is 0 Å². The summed E-state index contributed by atoms with van der Waals surface area (Å²) in [7, 11) is 0. The second-order valence-electron chi connectivity index (χ2n) is 4.79. The van der Waals surface area contributed by atoms with Gasteiger partial charge in [0.2, 0.25) is 5.91 Å². The number of hydrogen-bond donors (Lipinski definition) is 1. The van der Waals surface area contributed by atoms with E-state index in [2.05, 4.69) is 17.4 Å². The van der Waals surface area contributed by atoms with E-state index < -0.39 is 0 Å². The summed E-state index contributed by atoms with van der Waals surface area (Å²) in [5, 5.41) is 3.92. The molecule has 0 radical (unpaired) electrons. The third kappa shape index (κ3) is 1.71. The average molecular weight is 236 g/mol. The quantitative estimate of drug-likeness (QED) is 0.735. The molecule has 1 aliphatic carbocycles. The molecule has 1 aliphatic heterocycles. The molecule has 0 aromatic heterocycles. The standard InChI is InChI=1S/C13H14ClNO/c14-11-3-1-8-7-12-9(5-10(8)6-11)2-4-13(16)15-12/h1,3,6,9,12H,2,4-5,7H2,(H,15,16)/t9-,12-/m0/s1. The molecule has 1 aromatic rings. The van der Waals surface area contributed by atoms with E-state index in [1.165, 1.54) is 11.1 Å². The Balaban J connectivity index is 1.91. The van der Waals surface area contributed by atoms with E-state index in [9.17, 15) is 4.79 Å². The highest BCUT2D eigenvalue weighted by Crippen LogP contribution is 2.32. The van der Waals surface area contributed by atoms with Crippen molar-refractivity contribution in [1.82, 2.24) is 5.32 Å². The van der Waals surface area contributed by atoms with Gasteiger partial charge in [-0.15, -0.1) is 0 Å². The average Bonchev–Trinajstić information content (AvgIpc) is 2.26. The van der Waals surface area contributed by atoms with E-state index >= 15 is 0 Å². The molecule has 0 unspecified atom stereocenters. The van der Waals surface area contributed by atoms with Gasteiger partial charge in [0.1, 0.15) is 0 Å². The summed E-state index contributed by atoms with van der Waals surface area (Å²) in [5.41, 5.74) is 2.71. The smallest absolute Gasteiger partial charge is 0.220 e. The van der Waals surface area contributed by atoms with Gasteiger partial charge in [-0.3, -0.25) is 4.79 Å². The highest BCUT2D eigenvalue weighted by molar-refractivity contribution is 6.30. The second kappa shape index (κ2) is 3.77. The van der Waals surface area contributed by atoms with Crippen molar-refractivity contribution in [3.63, 3.8) is 0 Å². The SMILES string of the molecule is O=C1CC[C@H]2Cc3cc(Cl)ccc3C[C@@H]2N1. The topological polar surface area (TPSA) is 29.1 Å². The van der Waals surface area contributed by atoms with E-state index in [1.807, 2.05) is 6.07 Å². The predicted octanol–water partition coefficient (Wildman–Crippen LogP) is 2.33. The molecule has 1 heterocycles. The van der Waals surface area contributed by atoms with Crippen LogP contribution in [0.2, 0.25) is 5.02 Å². The molecule has 1 aromatic carbocycles. The molecule has 1 N–H and O–H groups in total. The molecule has 16 heavy (non-hydrogen) atoms. The number of carbonyl (C=O) groups excluding carboxylic acids is 1. The van der Waals surface area contributed by atoms with Crippen LogP contribution >= 0.6 is 11.6 Å². The van der Waals surface area contributed by atoms with Crippen molar-refractivity contribution >= 4 is 17.5 Å². The van der Waals surface area contributed by atoms with Crippen LogP contribution in [0.25, 0.3) is 0 Å². The fourth-order valence-electron chi connectivity index (χ4n) is 2.88. The van der Waals surface area contributed by atoms with E-state index in [0.29, 0.717) is 18.4 Å². The third-order valence-electron chi connectivity index (χ3n) is 3.75. The van der Waals surface area contributed by atoms with Crippen molar-refractivity contribution in [2.24, 2.45) is 5.92 Å². The molecule has 3 heteroatoms. The molecule has 84 valence electrons. The Bertz CT molecular complexity index is 444. The summed E-state index contributed by atoms with van der Waals surface area (Å²) in [4.78, 5) is 11.4. The van der Waals surface area contributed by atoms with Crippen LogP contribution in [0.15, 0.2) is 18.2 Å². The first-order valence-corrected chi connectivity index (χ1v) is 6.17. The number of hydrogen-bond acceptors (Lipinski definition) is 1. The Morgan fingerprint density at radius 2 is 2.12 bits per heavy atom. The number of benzene rings is 1. The first-order valence-electron chi connectivity index (χ1n) is 5.79. The molecule has 3 rings (SSSR count). The third-order valence-corrected chi connectivity index (χ3v) is 3.98. The predicted molar refractivity (Wildman–Crippen MR) is 63.5 cm³/mol. The normalized spacial score (nSPS) is 27.9. The first-order chi connectivity index (χ1) is 7.72. The summed E-state index contributed by atoms with van der Waals surface area (Å²) < 4.78 is 0. The van der Waals surface area contributed by atoms with E-state index in [0.717, 1.165) is 24.3 Å². The van der Waals surface area contributed by atoms with Crippen LogP contribution in [0, 0.1) is 5.92 Å². The lowest BCUT2D eigenvalue weighted by Crippen LogP contribution is -2.48. The summed E-state index contributed by atoms with van der Waals surface area (Å²) in [6, 6.07) is 6.44. The van der Waals surface area contributed by atoms with Crippen LogP contribution in [0.4, 0.5) is 0 Å². The van der Waals surface area contributed by atoms with Crippen molar-refractivity contribution < 1.29 is 4.79 Å². The number of piperidine rings is 1. The van der Waals surface area contributed by atoms with Crippen LogP contribution in [0.3, 0.4) is 0 Å². The van der Waals surface area contributed by atoms with E-state index in [-0.39, 0.29) is 5.91 Å². The molecular weight excluding hydrogens is 222 g/mol. The number of carbonyl (C=O) groups is 1. The van der Waals surface area contributed by atoms with Gasteiger partial charge in [-0.2, -0.15) is 0 Å². The molecule has 2 aliphatic rings. The molecule has 1 fully saturated rings. The maximum Gasteiger partial charge on any atom is 0.220 e. The lowest BCUT2D eigenvalue weighted by molar-refractivity contribution is -0.124. The maximum atomic E-state index is 11.4. The van der Waals surface area contributed by atoms with Crippen molar-refractivity contribution in [2.45, 2.75) is 31.7 Å². The van der Waals surface area contributed by atoms with Gasteiger partial charge in [0, 0.05) is 17.5 Å². The molecule has 0 saturated carbocycles. The van der Waals surface area contributed by atoms with Crippen molar-refractivity contribution in [1.29, 1.82) is 0 Å². The molecule has 1 amide bonds. The van der Waals surface area contributed by atoms with Crippen LogP contribution < -0.4 is 5.32 Å². The highest BCUT2D eigenvalue weighted by atomic mass is 35.5. The fourth-order valence-corrected chi connectivity index (χ4v) is 3.07. The number of nitrogens with one attached hydrogen (secondary N) is 1. The summed E-state index contributed by atoms with van der Waals surface area (Å²) >= 11 is 6.01. The zero-order valence-electron chi connectivity index (χ0n) is 9.00. The molecular formula is C13H14ClNO. The minimum Gasteiger partial charge on any atom is -0.353 e. The van der Waals surface area contributed by atoms with Crippen LogP contribution in [0.1, 0.15) is 24.0 Å². The Kier molecular flexibility index (Phi) is 2.40. The van der Waals surface area contributed by atoms with Gasteiger partial charge < -0.3 is 5.32 Å². The van der Waals surface area contributed by atoms with Gasteiger partial charge in [-0.25, -0.2) is 0 Å². The molecule has 2 nitrogen and oxygen atoms in total. The van der Waals surface area contributed by atoms with Gasteiger partial charge in [-0.05, 0) is 48.4 Å². The minimum absolute atomic E-state index is 0.207. The Morgan fingerprint density at radius 3 is 3.00 bits per heavy atom. The Morgan fingerprint density at radius 1 is 1.25 bits per heavy atom. The summed E-state index contributed by atoms with van der Waals surface area (Å²) in [6.45, 7) is 0. The second-order valence-corrected chi connectivity index (χ2v) is 5.23. The highest BCUT2D eigenvalue weighted by Gasteiger charge is 2.32. The lowest BCUT2D eigenvalue weighted by Gasteiger charge is -2.37. The molecule has 0 bridgehead atoms. The maximum absolute atomic E-state index is 11.4. The number of amides is 1. The van der Waals surface area contributed by atoms with Gasteiger partial charge in [0.05, 0.1) is 0 Å². The number of rotatable bonds is 0. The van der Waals surface area contributed by atoms with Crippen molar-refractivity contribution in [2.75, 3.05) is 0 Å². The summed E-state index contributed by atoms with van der Waals surface area (Å²) in [5.74, 6) is 0.808. The number of fused-ring (bicyclic) bond motifs is 2. The van der Waals surface area contributed by atoms with Gasteiger partial charge in [-0.1, -0.05) is 17.7 Å². The van der Waals surface area contributed by atoms with E-state index in [4.69, 9.17) is 11.6 Å². The monoisotopic (exact) mass is 235 g/mol. The van der Waals surface area contributed by atoms with Gasteiger partial charge in [0.25, 0.3) is 0 Å². The zero-order chi connectivity index (χ0) is 11.1. The molecule has 2 atom stereocenters. The first kappa shape index (κ1) is 10.2. The van der Waals surface area contributed by atoms with E-state index in [1.54, 1.807) is 0 Å². The Hall–Kier alpha value is -1.02. The Labute approximate surface area is 100.0 Å². The largest absolute Gasteiger partial charge is 0.353 e. The fraction of sp³-hybridized carbons (Fsp3) is 0.462. The zero-order valence-corrected chi connectivity index (χ0v) is 9.76. The van der Waals surface area contributed by atoms with Crippen molar-refractivity contribution in [3.05, 3.63) is 34.3 Å². The molecule has 0 spiro atoms. The van der Waals surface area contributed by atoms with Crippen LogP contribution in [-0.2, 0) is 17.6 Å². The lowest BCUT2D eigenvalue weighted by atomic mass is 9.76. The number of halogens is 1. The van der Waals surface area contributed by atoms with Crippen LogP contribution in [-0.4, -0.2) is 11.9 Å².